The average Bonchev–Trinajstić information content (AvgIpc) is 2.73. The third kappa shape index (κ3) is 4.39. The molecule has 0 spiro atoms. The molecular weight excluding hydrogens is 268 g/mol. The lowest BCUT2D eigenvalue weighted by Gasteiger charge is -2.23. The second-order valence-corrected chi connectivity index (χ2v) is 8.00. The van der Waals surface area contributed by atoms with Gasteiger partial charge in [0.15, 0.2) is 0 Å². The third-order valence-electron chi connectivity index (χ3n) is 4.61. The highest BCUT2D eigenvalue weighted by atomic mass is 32.2. The summed E-state index contributed by atoms with van der Waals surface area (Å²) in [7, 11) is 0. The van der Waals surface area contributed by atoms with Crippen molar-refractivity contribution in [1.29, 1.82) is 0 Å². The van der Waals surface area contributed by atoms with Crippen molar-refractivity contribution in [3.63, 3.8) is 0 Å². The minimum atomic E-state index is 0.365. The van der Waals surface area contributed by atoms with Crippen LogP contribution in [0.1, 0.15) is 33.6 Å². The zero-order chi connectivity index (χ0) is 14.5. The maximum Gasteiger partial charge on any atom is 0.232 e. The molecule has 2 rings (SSSR count). The standard InChI is InChI=1S/C16H30N2OS/c1-4-20-12-16(19)18-10-14-5-7-17(9-13(2)3)8-6-15(14)11-18/h13-15H,4-12H2,1-3H3/t14-,15+. The molecule has 2 fully saturated rings. The molecule has 0 aromatic carbocycles. The molecule has 0 saturated carbocycles. The van der Waals surface area contributed by atoms with Crippen molar-refractivity contribution in [2.75, 3.05) is 44.2 Å². The lowest BCUT2D eigenvalue weighted by atomic mass is 9.92. The Bertz CT molecular complexity index is 306. The van der Waals surface area contributed by atoms with Crippen molar-refractivity contribution in [3.8, 4) is 0 Å². The van der Waals surface area contributed by atoms with Gasteiger partial charge in [-0.3, -0.25) is 4.79 Å². The van der Waals surface area contributed by atoms with Gasteiger partial charge in [-0.05, 0) is 49.4 Å². The first kappa shape index (κ1) is 16.2. The van der Waals surface area contributed by atoms with E-state index in [-0.39, 0.29) is 0 Å². The molecule has 0 bridgehead atoms. The molecular formula is C16H30N2OS. The van der Waals surface area contributed by atoms with E-state index in [2.05, 4.69) is 30.6 Å². The predicted molar refractivity (Wildman–Crippen MR) is 87.1 cm³/mol. The maximum absolute atomic E-state index is 12.1. The first-order valence-electron chi connectivity index (χ1n) is 8.18. The number of nitrogens with zero attached hydrogens (tertiary/aromatic N) is 2. The van der Waals surface area contributed by atoms with Crippen LogP contribution in [0.4, 0.5) is 0 Å². The van der Waals surface area contributed by atoms with Gasteiger partial charge < -0.3 is 9.80 Å². The number of hydrogen-bond acceptors (Lipinski definition) is 3. The van der Waals surface area contributed by atoms with E-state index in [0.717, 1.165) is 36.6 Å². The Hall–Kier alpha value is -0.220. The Morgan fingerprint density at radius 1 is 1.20 bits per heavy atom. The van der Waals surface area contributed by atoms with Gasteiger partial charge in [0.1, 0.15) is 0 Å². The van der Waals surface area contributed by atoms with Crippen LogP contribution in [-0.2, 0) is 4.79 Å². The van der Waals surface area contributed by atoms with Crippen LogP contribution in [0.3, 0.4) is 0 Å². The second-order valence-electron chi connectivity index (χ2n) is 6.73. The third-order valence-corrected chi connectivity index (χ3v) is 5.47. The van der Waals surface area contributed by atoms with Gasteiger partial charge in [0, 0.05) is 19.6 Å². The van der Waals surface area contributed by atoms with Crippen molar-refractivity contribution in [2.24, 2.45) is 17.8 Å². The number of likely N-dealkylation sites (tertiary alicyclic amines) is 2. The molecule has 0 aliphatic carbocycles. The van der Waals surface area contributed by atoms with E-state index >= 15 is 0 Å². The Labute approximate surface area is 128 Å². The summed E-state index contributed by atoms with van der Waals surface area (Å²) in [4.78, 5) is 16.9. The molecule has 2 heterocycles. The fourth-order valence-electron chi connectivity index (χ4n) is 3.58. The number of fused-ring (bicyclic) bond motifs is 1. The van der Waals surface area contributed by atoms with Gasteiger partial charge in [-0.15, -0.1) is 0 Å². The summed E-state index contributed by atoms with van der Waals surface area (Å²) in [5.74, 6) is 4.35. The molecule has 3 nitrogen and oxygen atoms in total. The van der Waals surface area contributed by atoms with E-state index in [1.165, 1.54) is 32.5 Å². The predicted octanol–water partition coefficient (Wildman–Crippen LogP) is 2.57. The number of amides is 1. The quantitative estimate of drug-likeness (QED) is 0.779. The molecule has 2 saturated heterocycles. The smallest absolute Gasteiger partial charge is 0.232 e. The molecule has 2 aliphatic heterocycles. The van der Waals surface area contributed by atoms with Gasteiger partial charge >= 0.3 is 0 Å². The Morgan fingerprint density at radius 2 is 1.80 bits per heavy atom. The van der Waals surface area contributed by atoms with Crippen LogP contribution >= 0.6 is 11.8 Å². The number of rotatable bonds is 5. The van der Waals surface area contributed by atoms with Crippen LogP contribution < -0.4 is 0 Å². The molecule has 0 N–H and O–H groups in total. The monoisotopic (exact) mass is 298 g/mol. The van der Waals surface area contributed by atoms with E-state index in [0.29, 0.717) is 11.7 Å². The van der Waals surface area contributed by atoms with E-state index in [1.54, 1.807) is 11.8 Å². The summed E-state index contributed by atoms with van der Waals surface area (Å²) in [5.41, 5.74) is 0. The summed E-state index contributed by atoms with van der Waals surface area (Å²) < 4.78 is 0. The minimum absolute atomic E-state index is 0.365. The molecule has 2 aliphatic rings. The molecule has 20 heavy (non-hydrogen) atoms. The Balaban J connectivity index is 1.81. The Morgan fingerprint density at radius 3 is 2.30 bits per heavy atom. The summed E-state index contributed by atoms with van der Waals surface area (Å²) >= 11 is 1.75. The summed E-state index contributed by atoms with van der Waals surface area (Å²) in [6.45, 7) is 12.4. The van der Waals surface area contributed by atoms with Crippen LogP contribution in [0.25, 0.3) is 0 Å². The SMILES string of the molecule is CCSCC(=O)N1C[C@H]2CCN(CC(C)C)CC[C@H]2C1. The van der Waals surface area contributed by atoms with Crippen molar-refractivity contribution >= 4 is 17.7 Å². The van der Waals surface area contributed by atoms with Gasteiger partial charge in [0.05, 0.1) is 5.75 Å². The van der Waals surface area contributed by atoms with Gasteiger partial charge in [-0.2, -0.15) is 11.8 Å². The first-order chi connectivity index (χ1) is 9.60. The summed E-state index contributed by atoms with van der Waals surface area (Å²) in [6, 6.07) is 0. The number of carbonyl (C=O) groups excluding carboxylic acids is 1. The van der Waals surface area contributed by atoms with Gasteiger partial charge in [0.2, 0.25) is 5.91 Å². The van der Waals surface area contributed by atoms with E-state index < -0.39 is 0 Å². The summed E-state index contributed by atoms with van der Waals surface area (Å²) in [6.07, 6.45) is 2.56. The van der Waals surface area contributed by atoms with E-state index in [1.807, 2.05) is 0 Å². The van der Waals surface area contributed by atoms with Crippen molar-refractivity contribution < 1.29 is 4.79 Å². The highest BCUT2D eigenvalue weighted by Gasteiger charge is 2.36. The zero-order valence-electron chi connectivity index (χ0n) is 13.3. The molecule has 4 heteroatoms. The van der Waals surface area contributed by atoms with Crippen LogP contribution in [0, 0.1) is 17.8 Å². The highest BCUT2D eigenvalue weighted by molar-refractivity contribution is 7.99. The van der Waals surface area contributed by atoms with Crippen LogP contribution in [0.5, 0.6) is 0 Å². The topological polar surface area (TPSA) is 23.6 Å². The average molecular weight is 298 g/mol. The minimum Gasteiger partial charge on any atom is -0.341 e. The maximum atomic E-state index is 12.1. The molecule has 0 radical (unpaired) electrons. The fourth-order valence-corrected chi connectivity index (χ4v) is 4.15. The van der Waals surface area contributed by atoms with Gasteiger partial charge in [-0.1, -0.05) is 20.8 Å². The normalized spacial score (nSPS) is 27.7. The van der Waals surface area contributed by atoms with Crippen LogP contribution in [0.15, 0.2) is 0 Å². The lowest BCUT2D eigenvalue weighted by Crippen LogP contribution is -2.33. The van der Waals surface area contributed by atoms with Crippen molar-refractivity contribution in [3.05, 3.63) is 0 Å². The highest BCUT2D eigenvalue weighted by Crippen LogP contribution is 2.32. The summed E-state index contributed by atoms with van der Waals surface area (Å²) in [5, 5.41) is 0. The number of thioether (sulfide) groups is 1. The lowest BCUT2D eigenvalue weighted by molar-refractivity contribution is -0.127. The Kier molecular flexibility index (Phi) is 6.21. The molecule has 1 amide bonds. The first-order valence-corrected chi connectivity index (χ1v) is 9.33. The molecule has 116 valence electrons. The fraction of sp³-hybridized carbons (Fsp3) is 0.938. The largest absolute Gasteiger partial charge is 0.341 e. The van der Waals surface area contributed by atoms with Crippen LogP contribution in [0.2, 0.25) is 0 Å². The number of hydrogen-bond donors (Lipinski definition) is 0. The number of carbonyl (C=O) groups is 1. The van der Waals surface area contributed by atoms with E-state index in [4.69, 9.17) is 0 Å². The molecule has 0 aromatic rings. The molecule has 0 unspecified atom stereocenters. The van der Waals surface area contributed by atoms with Crippen LogP contribution in [-0.4, -0.2) is 59.9 Å². The van der Waals surface area contributed by atoms with Gasteiger partial charge in [0.25, 0.3) is 0 Å². The van der Waals surface area contributed by atoms with E-state index in [9.17, 15) is 4.79 Å². The zero-order valence-corrected chi connectivity index (χ0v) is 14.1. The van der Waals surface area contributed by atoms with Crippen molar-refractivity contribution in [2.45, 2.75) is 33.6 Å². The second kappa shape index (κ2) is 7.69. The molecule has 0 aromatic heterocycles. The molecule has 2 atom stereocenters. The van der Waals surface area contributed by atoms with Gasteiger partial charge in [-0.25, -0.2) is 0 Å². The van der Waals surface area contributed by atoms with Crippen molar-refractivity contribution in [1.82, 2.24) is 9.80 Å².